The number of nitrogens with zero attached hydrogens (tertiary/aromatic N) is 1. The Labute approximate surface area is 156 Å². The number of carbonyl (C=O) groups excluding carboxylic acids is 2. The number of carbonyl (C=O) groups is 2. The third-order valence-corrected chi connectivity index (χ3v) is 5.80. The highest BCUT2D eigenvalue weighted by atomic mass is 35.5. The van der Waals surface area contributed by atoms with E-state index < -0.39 is 0 Å². The normalized spacial score (nSPS) is 19.1. The van der Waals surface area contributed by atoms with Crippen LogP contribution in [0, 0.1) is 12.3 Å². The molecule has 2 saturated heterocycles. The highest BCUT2D eigenvalue weighted by Gasteiger charge is 2.38. The second-order valence-corrected chi connectivity index (χ2v) is 7.50. The number of aryl methyl sites for hydroxylation is 1. The highest BCUT2D eigenvalue weighted by molar-refractivity contribution is 6.02. The minimum Gasteiger partial charge on any atom is -0.354 e. The lowest BCUT2D eigenvalue weighted by Crippen LogP contribution is -2.44. The molecular formula is C19H30ClN3O2. The van der Waals surface area contributed by atoms with E-state index in [2.05, 4.69) is 17.2 Å². The molecule has 2 fully saturated rings. The minimum absolute atomic E-state index is 0. The lowest BCUT2D eigenvalue weighted by Gasteiger charge is -2.38. The van der Waals surface area contributed by atoms with Gasteiger partial charge in [0.1, 0.15) is 5.69 Å². The fraction of sp³-hybridized carbons (Fsp3) is 0.684. The number of halogens is 1. The van der Waals surface area contributed by atoms with Crippen LogP contribution in [0.1, 0.15) is 71.6 Å². The first kappa shape index (κ1) is 20.0. The van der Waals surface area contributed by atoms with Gasteiger partial charge in [-0.25, -0.2) is 0 Å². The average molecular weight is 368 g/mol. The minimum atomic E-state index is 0. The summed E-state index contributed by atoms with van der Waals surface area (Å²) < 4.78 is 0. The van der Waals surface area contributed by atoms with Gasteiger partial charge in [-0.05, 0) is 57.1 Å². The second-order valence-electron chi connectivity index (χ2n) is 7.50. The monoisotopic (exact) mass is 367 g/mol. The van der Waals surface area contributed by atoms with Gasteiger partial charge in [0.05, 0.1) is 0 Å². The van der Waals surface area contributed by atoms with Crippen LogP contribution in [0.15, 0.2) is 0 Å². The van der Waals surface area contributed by atoms with E-state index in [-0.39, 0.29) is 24.1 Å². The number of aromatic nitrogens is 1. The molecule has 5 nitrogen and oxygen atoms in total. The maximum absolute atomic E-state index is 13.1. The number of aromatic amines is 1. The summed E-state index contributed by atoms with van der Waals surface area (Å²) in [5, 5.41) is 3.46. The van der Waals surface area contributed by atoms with Crippen LogP contribution >= 0.6 is 12.4 Å². The van der Waals surface area contributed by atoms with Gasteiger partial charge in [0.2, 0.25) is 0 Å². The van der Waals surface area contributed by atoms with E-state index in [1.54, 1.807) is 6.92 Å². The fourth-order valence-corrected chi connectivity index (χ4v) is 4.40. The van der Waals surface area contributed by atoms with Gasteiger partial charge in [0.25, 0.3) is 5.91 Å². The molecule has 25 heavy (non-hydrogen) atoms. The number of likely N-dealkylation sites (tertiary alicyclic amines) is 1. The summed E-state index contributed by atoms with van der Waals surface area (Å²) >= 11 is 0. The molecule has 1 aromatic heterocycles. The quantitative estimate of drug-likeness (QED) is 0.803. The Morgan fingerprint density at radius 2 is 1.88 bits per heavy atom. The van der Waals surface area contributed by atoms with Crippen molar-refractivity contribution in [1.82, 2.24) is 15.2 Å². The van der Waals surface area contributed by atoms with E-state index >= 15 is 0 Å². The number of Topliss-reactive ketones (excluding diaryl/α,β-unsaturated/α-hetero) is 1. The lowest BCUT2D eigenvalue weighted by atomic mass is 9.78. The molecule has 0 unspecified atom stereocenters. The molecule has 2 aliphatic heterocycles. The summed E-state index contributed by atoms with van der Waals surface area (Å²) in [6.07, 6.45) is 5.07. The standard InChI is InChI=1S/C19H29N3O2.ClH/c1-4-5-15-16(14(3)23)13(2)21-17(15)18(24)22-10-7-19(8-11-22)6-9-20-12-19;/h20-21H,4-12H2,1-3H3;1H. The molecular weight excluding hydrogens is 338 g/mol. The number of hydrogen-bond acceptors (Lipinski definition) is 3. The number of nitrogens with one attached hydrogen (secondary N) is 2. The van der Waals surface area contributed by atoms with Crippen LogP contribution in [0.2, 0.25) is 0 Å². The van der Waals surface area contributed by atoms with Crippen molar-refractivity contribution in [1.29, 1.82) is 0 Å². The maximum Gasteiger partial charge on any atom is 0.270 e. The van der Waals surface area contributed by atoms with Gasteiger partial charge in [-0.1, -0.05) is 13.3 Å². The van der Waals surface area contributed by atoms with E-state index in [9.17, 15) is 9.59 Å². The van der Waals surface area contributed by atoms with Gasteiger partial charge in [-0.2, -0.15) is 0 Å². The van der Waals surface area contributed by atoms with Crippen molar-refractivity contribution in [3.8, 4) is 0 Å². The molecule has 0 aliphatic carbocycles. The molecule has 3 rings (SSSR count). The molecule has 3 heterocycles. The van der Waals surface area contributed by atoms with Gasteiger partial charge in [-0.15, -0.1) is 12.4 Å². The Morgan fingerprint density at radius 1 is 1.20 bits per heavy atom. The fourth-order valence-electron chi connectivity index (χ4n) is 4.40. The summed E-state index contributed by atoms with van der Waals surface area (Å²) in [6.45, 7) is 9.39. The van der Waals surface area contributed by atoms with Crippen LogP contribution in [0.4, 0.5) is 0 Å². The third-order valence-electron chi connectivity index (χ3n) is 5.80. The largest absolute Gasteiger partial charge is 0.354 e. The average Bonchev–Trinajstić information content (AvgIpc) is 3.13. The molecule has 2 aliphatic rings. The number of piperidine rings is 1. The van der Waals surface area contributed by atoms with E-state index in [0.29, 0.717) is 16.7 Å². The summed E-state index contributed by atoms with van der Waals surface area (Å²) in [4.78, 5) is 30.2. The Hall–Kier alpha value is -1.33. The molecule has 0 aromatic carbocycles. The van der Waals surface area contributed by atoms with Crippen molar-refractivity contribution in [3.05, 3.63) is 22.5 Å². The van der Waals surface area contributed by atoms with Gasteiger partial charge < -0.3 is 15.2 Å². The molecule has 6 heteroatoms. The van der Waals surface area contributed by atoms with Gasteiger partial charge in [0, 0.05) is 30.9 Å². The summed E-state index contributed by atoms with van der Waals surface area (Å²) in [7, 11) is 0. The van der Waals surface area contributed by atoms with E-state index in [1.165, 1.54) is 6.42 Å². The van der Waals surface area contributed by atoms with Crippen LogP contribution in [0.3, 0.4) is 0 Å². The molecule has 0 atom stereocenters. The molecule has 140 valence electrons. The predicted molar refractivity (Wildman–Crippen MR) is 102 cm³/mol. The number of amides is 1. The SMILES string of the molecule is CCCc1c(C(=O)N2CCC3(CCNC3)CC2)[nH]c(C)c1C(C)=O.Cl. The van der Waals surface area contributed by atoms with Crippen LogP contribution < -0.4 is 5.32 Å². The molecule has 1 aromatic rings. The van der Waals surface area contributed by atoms with Gasteiger partial charge >= 0.3 is 0 Å². The summed E-state index contributed by atoms with van der Waals surface area (Å²) in [5.41, 5.74) is 3.49. The first-order chi connectivity index (χ1) is 11.5. The van der Waals surface area contributed by atoms with Crippen LogP contribution in [-0.4, -0.2) is 47.8 Å². The van der Waals surface area contributed by atoms with E-state index in [0.717, 1.165) is 63.1 Å². The molecule has 1 spiro atoms. The lowest BCUT2D eigenvalue weighted by molar-refractivity contribution is 0.0601. The number of hydrogen-bond donors (Lipinski definition) is 2. The van der Waals surface area contributed by atoms with Gasteiger partial charge in [0.15, 0.2) is 5.78 Å². The zero-order valence-electron chi connectivity index (χ0n) is 15.5. The smallest absolute Gasteiger partial charge is 0.270 e. The van der Waals surface area contributed by atoms with Crippen molar-refractivity contribution < 1.29 is 9.59 Å². The van der Waals surface area contributed by atoms with Crippen LogP contribution in [0.5, 0.6) is 0 Å². The van der Waals surface area contributed by atoms with Crippen molar-refractivity contribution >= 4 is 24.1 Å². The van der Waals surface area contributed by atoms with Crippen molar-refractivity contribution in [2.24, 2.45) is 5.41 Å². The Balaban J connectivity index is 0.00000225. The highest BCUT2D eigenvalue weighted by Crippen LogP contribution is 2.37. The van der Waals surface area contributed by atoms with Crippen LogP contribution in [0.25, 0.3) is 0 Å². The predicted octanol–water partition coefficient (Wildman–Crippen LogP) is 3.12. The van der Waals surface area contributed by atoms with Gasteiger partial charge in [-0.3, -0.25) is 9.59 Å². The van der Waals surface area contributed by atoms with E-state index in [4.69, 9.17) is 0 Å². The summed E-state index contributed by atoms with van der Waals surface area (Å²) in [5.74, 6) is 0.107. The first-order valence-corrected chi connectivity index (χ1v) is 9.20. The zero-order valence-corrected chi connectivity index (χ0v) is 16.4. The number of H-pyrrole nitrogens is 1. The first-order valence-electron chi connectivity index (χ1n) is 9.20. The van der Waals surface area contributed by atoms with Crippen LogP contribution in [-0.2, 0) is 6.42 Å². The Bertz CT molecular complexity index is 637. The van der Waals surface area contributed by atoms with E-state index in [1.807, 2.05) is 11.8 Å². The molecule has 0 bridgehead atoms. The Morgan fingerprint density at radius 3 is 2.40 bits per heavy atom. The second kappa shape index (κ2) is 7.92. The molecule has 2 N–H and O–H groups in total. The topological polar surface area (TPSA) is 65.2 Å². The third kappa shape index (κ3) is 3.77. The number of ketones is 1. The molecule has 0 radical (unpaired) electrons. The maximum atomic E-state index is 13.1. The van der Waals surface area contributed by atoms with Crippen molar-refractivity contribution in [2.45, 2.75) is 52.9 Å². The number of rotatable bonds is 4. The van der Waals surface area contributed by atoms with Crippen molar-refractivity contribution in [3.63, 3.8) is 0 Å². The molecule has 1 amide bonds. The van der Waals surface area contributed by atoms with Crippen molar-refractivity contribution in [2.75, 3.05) is 26.2 Å². The Kier molecular flexibility index (Phi) is 6.33. The summed E-state index contributed by atoms with van der Waals surface area (Å²) in [6, 6.07) is 0. The zero-order chi connectivity index (χ0) is 17.3. The molecule has 0 saturated carbocycles.